The number of benzene rings is 1. The van der Waals surface area contributed by atoms with Gasteiger partial charge in [0.1, 0.15) is 5.75 Å². The van der Waals surface area contributed by atoms with Crippen LogP contribution in [0, 0.1) is 19.8 Å². The zero-order chi connectivity index (χ0) is 17.0. The summed E-state index contributed by atoms with van der Waals surface area (Å²) >= 11 is 0. The fourth-order valence-electron chi connectivity index (χ4n) is 3.01. The van der Waals surface area contributed by atoms with Crippen molar-refractivity contribution in [2.45, 2.75) is 46.1 Å². The molecular formula is C18H25NO4. The first-order valence-corrected chi connectivity index (χ1v) is 8.11. The maximum Gasteiger partial charge on any atom is 0.308 e. The normalized spacial score (nSPS) is 21.1. The van der Waals surface area contributed by atoms with Crippen LogP contribution in [0.4, 0.5) is 0 Å². The van der Waals surface area contributed by atoms with Gasteiger partial charge in [0, 0.05) is 12.6 Å². The average Bonchev–Trinajstić information content (AvgIpc) is 2.49. The maximum atomic E-state index is 12.4. The number of hydrogen-bond donors (Lipinski definition) is 1. The third-order valence-electron chi connectivity index (χ3n) is 4.46. The van der Waals surface area contributed by atoms with Crippen molar-refractivity contribution in [2.24, 2.45) is 5.92 Å². The topological polar surface area (TPSA) is 66.8 Å². The van der Waals surface area contributed by atoms with Gasteiger partial charge in [-0.2, -0.15) is 0 Å². The molecule has 1 N–H and O–H groups in total. The Morgan fingerprint density at radius 1 is 1.30 bits per heavy atom. The van der Waals surface area contributed by atoms with E-state index >= 15 is 0 Å². The van der Waals surface area contributed by atoms with E-state index in [1.165, 1.54) is 5.56 Å². The second-order valence-corrected chi connectivity index (χ2v) is 6.38. The van der Waals surface area contributed by atoms with E-state index in [9.17, 15) is 9.59 Å². The van der Waals surface area contributed by atoms with Crippen LogP contribution in [-0.4, -0.2) is 41.1 Å². The number of carbonyl (C=O) groups excluding carboxylic acids is 1. The highest BCUT2D eigenvalue weighted by Gasteiger charge is 2.32. The summed E-state index contributed by atoms with van der Waals surface area (Å²) in [5.41, 5.74) is 2.22. The standard InChI is InChI=1S/C18H25NO4/c1-12-4-7-16(13(2)10-12)23-9-8-17(20)19-11-15(18(21)22)6-5-14(19)3/h4,7,10,14-15H,5-6,8-9,11H2,1-3H3,(H,21,22). The summed E-state index contributed by atoms with van der Waals surface area (Å²) in [6.45, 7) is 6.59. The number of piperidine rings is 1. The minimum Gasteiger partial charge on any atom is -0.493 e. The molecule has 0 aliphatic carbocycles. The van der Waals surface area contributed by atoms with Gasteiger partial charge in [0.2, 0.25) is 5.91 Å². The number of carbonyl (C=O) groups is 2. The van der Waals surface area contributed by atoms with Gasteiger partial charge in [0.05, 0.1) is 18.9 Å². The molecule has 0 spiro atoms. The zero-order valence-electron chi connectivity index (χ0n) is 14.0. The van der Waals surface area contributed by atoms with Crippen molar-refractivity contribution in [3.8, 4) is 5.75 Å². The largest absolute Gasteiger partial charge is 0.493 e. The van der Waals surface area contributed by atoms with Crippen LogP contribution in [-0.2, 0) is 9.59 Å². The highest BCUT2D eigenvalue weighted by Crippen LogP contribution is 2.23. The van der Waals surface area contributed by atoms with Gasteiger partial charge >= 0.3 is 5.97 Å². The summed E-state index contributed by atoms with van der Waals surface area (Å²) in [6.07, 6.45) is 1.64. The van der Waals surface area contributed by atoms with Crippen molar-refractivity contribution in [3.63, 3.8) is 0 Å². The monoisotopic (exact) mass is 319 g/mol. The summed E-state index contributed by atoms with van der Waals surface area (Å²) < 4.78 is 5.70. The van der Waals surface area contributed by atoms with Crippen molar-refractivity contribution in [2.75, 3.05) is 13.2 Å². The number of nitrogens with zero attached hydrogens (tertiary/aromatic N) is 1. The minimum absolute atomic E-state index is 0.0341. The van der Waals surface area contributed by atoms with Crippen molar-refractivity contribution in [1.29, 1.82) is 0 Å². The Labute approximate surface area is 137 Å². The molecule has 0 aromatic heterocycles. The van der Waals surface area contributed by atoms with Crippen LogP contribution in [0.15, 0.2) is 18.2 Å². The van der Waals surface area contributed by atoms with E-state index in [4.69, 9.17) is 9.84 Å². The molecule has 1 aliphatic heterocycles. The minimum atomic E-state index is -0.818. The smallest absolute Gasteiger partial charge is 0.308 e. The second kappa shape index (κ2) is 7.49. The van der Waals surface area contributed by atoms with Gasteiger partial charge < -0.3 is 14.7 Å². The van der Waals surface area contributed by atoms with Crippen LogP contribution in [0.5, 0.6) is 5.75 Å². The fraction of sp³-hybridized carbons (Fsp3) is 0.556. The van der Waals surface area contributed by atoms with Crippen molar-refractivity contribution in [3.05, 3.63) is 29.3 Å². The molecule has 1 amide bonds. The second-order valence-electron chi connectivity index (χ2n) is 6.38. The van der Waals surface area contributed by atoms with Gasteiger partial charge in [-0.25, -0.2) is 0 Å². The quantitative estimate of drug-likeness (QED) is 0.906. The fourth-order valence-corrected chi connectivity index (χ4v) is 3.01. The van der Waals surface area contributed by atoms with Gasteiger partial charge in [0.25, 0.3) is 0 Å². The van der Waals surface area contributed by atoms with Crippen molar-refractivity contribution in [1.82, 2.24) is 4.90 Å². The molecule has 2 atom stereocenters. The van der Waals surface area contributed by atoms with Gasteiger partial charge in [-0.15, -0.1) is 0 Å². The van der Waals surface area contributed by atoms with Crippen LogP contribution >= 0.6 is 0 Å². The molecule has 2 unspecified atom stereocenters. The highest BCUT2D eigenvalue weighted by molar-refractivity contribution is 5.78. The summed E-state index contributed by atoms with van der Waals surface area (Å²) in [6, 6.07) is 6.04. The van der Waals surface area contributed by atoms with E-state index in [2.05, 4.69) is 0 Å². The van der Waals surface area contributed by atoms with Crippen LogP contribution in [0.2, 0.25) is 0 Å². The number of rotatable bonds is 5. The number of carboxylic acids is 1. The Balaban J connectivity index is 1.87. The van der Waals surface area contributed by atoms with Gasteiger partial charge in [-0.3, -0.25) is 9.59 Å². The summed E-state index contributed by atoms with van der Waals surface area (Å²) in [7, 11) is 0. The number of likely N-dealkylation sites (tertiary alicyclic amines) is 1. The Kier molecular flexibility index (Phi) is 5.64. The average molecular weight is 319 g/mol. The number of aryl methyl sites for hydroxylation is 2. The van der Waals surface area contributed by atoms with Gasteiger partial charge in [-0.05, 0) is 45.2 Å². The molecule has 1 aromatic carbocycles. The van der Waals surface area contributed by atoms with Crippen LogP contribution in [0.25, 0.3) is 0 Å². The first kappa shape index (κ1) is 17.3. The Morgan fingerprint density at radius 3 is 2.70 bits per heavy atom. The van der Waals surface area contributed by atoms with E-state index in [0.717, 1.165) is 17.7 Å². The Bertz CT molecular complexity index is 584. The predicted molar refractivity (Wildman–Crippen MR) is 87.6 cm³/mol. The highest BCUT2D eigenvalue weighted by atomic mass is 16.5. The molecule has 1 aliphatic rings. The summed E-state index contributed by atoms with van der Waals surface area (Å²) in [5, 5.41) is 9.14. The lowest BCUT2D eigenvalue weighted by molar-refractivity contribution is -0.147. The van der Waals surface area contributed by atoms with Crippen molar-refractivity contribution >= 4 is 11.9 Å². The first-order valence-electron chi connectivity index (χ1n) is 8.11. The third-order valence-corrected chi connectivity index (χ3v) is 4.46. The van der Waals surface area contributed by atoms with Crippen molar-refractivity contribution < 1.29 is 19.4 Å². The molecule has 1 heterocycles. The lowest BCUT2D eigenvalue weighted by Crippen LogP contribution is -2.47. The van der Waals surface area contributed by atoms with E-state index in [1.807, 2.05) is 39.0 Å². The van der Waals surface area contributed by atoms with Crippen LogP contribution in [0.1, 0.15) is 37.3 Å². The molecule has 5 heteroatoms. The summed E-state index contributed by atoms with van der Waals surface area (Å²) in [4.78, 5) is 25.2. The number of aliphatic carboxylic acids is 1. The molecule has 5 nitrogen and oxygen atoms in total. The molecule has 126 valence electrons. The van der Waals surface area contributed by atoms with E-state index in [0.29, 0.717) is 19.6 Å². The number of ether oxygens (including phenoxy) is 1. The molecule has 0 bridgehead atoms. The van der Waals surface area contributed by atoms with Gasteiger partial charge in [-0.1, -0.05) is 17.7 Å². The molecule has 1 fully saturated rings. The zero-order valence-corrected chi connectivity index (χ0v) is 14.0. The van der Waals surface area contributed by atoms with Gasteiger partial charge in [0.15, 0.2) is 0 Å². The maximum absolute atomic E-state index is 12.4. The Morgan fingerprint density at radius 2 is 2.04 bits per heavy atom. The lowest BCUT2D eigenvalue weighted by Gasteiger charge is -2.36. The van der Waals surface area contributed by atoms with E-state index < -0.39 is 11.9 Å². The lowest BCUT2D eigenvalue weighted by atomic mass is 9.93. The number of amides is 1. The molecular weight excluding hydrogens is 294 g/mol. The molecule has 2 rings (SSSR count). The predicted octanol–water partition coefficient (Wildman–Crippen LogP) is 2.78. The molecule has 0 radical (unpaired) electrons. The van der Waals surface area contributed by atoms with E-state index in [1.54, 1.807) is 4.90 Å². The van der Waals surface area contributed by atoms with Crippen LogP contribution in [0.3, 0.4) is 0 Å². The van der Waals surface area contributed by atoms with E-state index in [-0.39, 0.29) is 18.4 Å². The molecule has 23 heavy (non-hydrogen) atoms. The SMILES string of the molecule is Cc1ccc(OCCC(=O)N2CC(C(=O)O)CCC2C)c(C)c1. The summed E-state index contributed by atoms with van der Waals surface area (Å²) in [5.74, 6) is -0.511. The number of carboxylic acid groups (broad SMARTS) is 1. The third kappa shape index (κ3) is 4.47. The number of hydrogen-bond acceptors (Lipinski definition) is 3. The molecule has 1 aromatic rings. The molecule has 1 saturated heterocycles. The van der Waals surface area contributed by atoms with Crippen LogP contribution < -0.4 is 4.74 Å². The molecule has 0 saturated carbocycles. The Hall–Kier alpha value is -2.04. The first-order chi connectivity index (χ1) is 10.9.